The third kappa shape index (κ3) is 3.12. The van der Waals surface area contributed by atoms with Gasteiger partial charge in [0.25, 0.3) is 0 Å². The van der Waals surface area contributed by atoms with E-state index in [0.29, 0.717) is 12.3 Å². The standard InChI is InChI=1S/C11H13BrClNO2/c1-3-14-11(15)10(13)7-4-5-9(16-2)8(12)6-7/h4-6,10H,3H2,1-2H3,(H,14,15). The van der Waals surface area contributed by atoms with Crippen LogP contribution in [-0.4, -0.2) is 19.6 Å². The summed E-state index contributed by atoms with van der Waals surface area (Å²) in [5.74, 6) is 0.518. The minimum absolute atomic E-state index is 0.193. The van der Waals surface area contributed by atoms with Crippen LogP contribution in [0.2, 0.25) is 0 Å². The second-order valence-electron chi connectivity index (χ2n) is 3.15. The number of hydrogen-bond acceptors (Lipinski definition) is 2. The predicted molar refractivity (Wildman–Crippen MR) is 68.0 cm³/mol. The first-order chi connectivity index (χ1) is 7.60. The summed E-state index contributed by atoms with van der Waals surface area (Å²) in [5.41, 5.74) is 0.736. The Hall–Kier alpha value is -0.740. The van der Waals surface area contributed by atoms with E-state index in [1.165, 1.54) is 0 Å². The molecule has 1 atom stereocenters. The van der Waals surface area contributed by atoms with Crippen LogP contribution in [0.15, 0.2) is 22.7 Å². The maximum absolute atomic E-state index is 11.5. The zero-order chi connectivity index (χ0) is 12.1. The van der Waals surface area contributed by atoms with E-state index in [0.717, 1.165) is 10.0 Å². The van der Waals surface area contributed by atoms with E-state index >= 15 is 0 Å². The summed E-state index contributed by atoms with van der Waals surface area (Å²) in [6, 6.07) is 5.33. The Morgan fingerprint density at radius 3 is 2.81 bits per heavy atom. The highest BCUT2D eigenvalue weighted by Gasteiger charge is 2.17. The number of likely N-dealkylation sites (N-methyl/N-ethyl adjacent to an activating group) is 1. The summed E-state index contributed by atoms with van der Waals surface area (Å²) < 4.78 is 5.88. The molecule has 5 heteroatoms. The average molecular weight is 307 g/mol. The zero-order valence-electron chi connectivity index (χ0n) is 9.09. The number of carbonyl (C=O) groups excluding carboxylic acids is 1. The SMILES string of the molecule is CCNC(=O)C(Cl)c1ccc(OC)c(Br)c1. The maximum Gasteiger partial charge on any atom is 0.242 e. The first kappa shape index (κ1) is 13.3. The molecule has 0 aliphatic carbocycles. The summed E-state index contributed by atoms with van der Waals surface area (Å²) in [5, 5.41) is 2.00. The molecular formula is C11H13BrClNO2. The molecule has 1 amide bonds. The molecule has 0 aliphatic heterocycles. The van der Waals surface area contributed by atoms with E-state index in [1.54, 1.807) is 25.3 Å². The van der Waals surface area contributed by atoms with Gasteiger partial charge in [-0.2, -0.15) is 0 Å². The first-order valence-corrected chi connectivity index (χ1v) is 6.08. The summed E-state index contributed by atoms with van der Waals surface area (Å²) in [6.45, 7) is 2.42. The molecule has 3 nitrogen and oxygen atoms in total. The lowest BCUT2D eigenvalue weighted by atomic mass is 10.1. The van der Waals surface area contributed by atoms with E-state index in [4.69, 9.17) is 16.3 Å². The number of rotatable bonds is 4. The molecule has 0 bridgehead atoms. The number of benzene rings is 1. The van der Waals surface area contributed by atoms with Crippen molar-refractivity contribution in [1.29, 1.82) is 0 Å². The first-order valence-electron chi connectivity index (χ1n) is 4.85. The lowest BCUT2D eigenvalue weighted by Gasteiger charge is -2.11. The lowest BCUT2D eigenvalue weighted by Crippen LogP contribution is -2.26. The maximum atomic E-state index is 11.5. The Kier molecular flexibility index (Phi) is 5.09. The molecule has 1 rings (SSSR count). The van der Waals surface area contributed by atoms with Crippen LogP contribution in [0.1, 0.15) is 17.9 Å². The Labute approximate surface area is 108 Å². The van der Waals surface area contributed by atoms with Crippen LogP contribution in [0.25, 0.3) is 0 Å². The van der Waals surface area contributed by atoms with Crippen molar-refractivity contribution >= 4 is 33.4 Å². The second kappa shape index (κ2) is 6.11. The van der Waals surface area contributed by atoms with Crippen LogP contribution in [0.3, 0.4) is 0 Å². The minimum Gasteiger partial charge on any atom is -0.496 e. The molecule has 0 saturated carbocycles. The van der Waals surface area contributed by atoms with Gasteiger partial charge in [0.2, 0.25) is 5.91 Å². The van der Waals surface area contributed by atoms with Crippen LogP contribution in [-0.2, 0) is 4.79 Å². The van der Waals surface area contributed by atoms with Gasteiger partial charge in [-0.1, -0.05) is 6.07 Å². The van der Waals surface area contributed by atoms with Crippen LogP contribution in [0.4, 0.5) is 0 Å². The molecule has 0 heterocycles. The van der Waals surface area contributed by atoms with E-state index in [1.807, 2.05) is 6.92 Å². The number of alkyl halides is 1. The van der Waals surface area contributed by atoms with Gasteiger partial charge in [-0.05, 0) is 40.5 Å². The molecule has 0 saturated heterocycles. The van der Waals surface area contributed by atoms with Crippen molar-refractivity contribution in [3.05, 3.63) is 28.2 Å². The summed E-state index contributed by atoms with van der Waals surface area (Å²) in [6.07, 6.45) is 0. The molecule has 16 heavy (non-hydrogen) atoms. The zero-order valence-corrected chi connectivity index (χ0v) is 11.4. The fraction of sp³-hybridized carbons (Fsp3) is 0.364. The van der Waals surface area contributed by atoms with Gasteiger partial charge in [0.1, 0.15) is 11.1 Å². The van der Waals surface area contributed by atoms with E-state index < -0.39 is 5.38 Å². The molecule has 1 unspecified atom stereocenters. The van der Waals surface area contributed by atoms with Crippen molar-refractivity contribution in [3.8, 4) is 5.75 Å². The number of hydrogen-bond donors (Lipinski definition) is 1. The lowest BCUT2D eigenvalue weighted by molar-refractivity contribution is -0.120. The van der Waals surface area contributed by atoms with Crippen molar-refractivity contribution in [2.75, 3.05) is 13.7 Å². The van der Waals surface area contributed by atoms with Crippen LogP contribution in [0, 0.1) is 0 Å². The fourth-order valence-corrected chi connectivity index (χ4v) is 2.03. The van der Waals surface area contributed by atoms with Crippen LogP contribution >= 0.6 is 27.5 Å². The van der Waals surface area contributed by atoms with Crippen molar-refractivity contribution in [3.63, 3.8) is 0 Å². The quantitative estimate of drug-likeness (QED) is 0.869. The van der Waals surface area contributed by atoms with Gasteiger partial charge in [-0.3, -0.25) is 4.79 Å². The molecular weight excluding hydrogens is 293 g/mol. The molecule has 0 spiro atoms. The Balaban J connectivity index is 2.88. The van der Waals surface area contributed by atoms with Gasteiger partial charge in [-0.25, -0.2) is 0 Å². The number of amides is 1. The number of halogens is 2. The van der Waals surface area contributed by atoms with Crippen LogP contribution in [0.5, 0.6) is 5.75 Å². The molecule has 1 aromatic carbocycles. The summed E-state index contributed by atoms with van der Waals surface area (Å²) in [7, 11) is 1.59. The topological polar surface area (TPSA) is 38.3 Å². The summed E-state index contributed by atoms with van der Waals surface area (Å²) in [4.78, 5) is 11.5. The normalized spacial score (nSPS) is 12.0. The second-order valence-corrected chi connectivity index (χ2v) is 4.44. The monoisotopic (exact) mass is 305 g/mol. The van der Waals surface area contributed by atoms with Crippen molar-refractivity contribution < 1.29 is 9.53 Å². The molecule has 0 radical (unpaired) electrons. The Morgan fingerprint density at radius 1 is 1.62 bits per heavy atom. The molecule has 1 N–H and O–H groups in total. The van der Waals surface area contributed by atoms with Gasteiger partial charge >= 0.3 is 0 Å². The largest absolute Gasteiger partial charge is 0.496 e. The van der Waals surface area contributed by atoms with Gasteiger partial charge in [0, 0.05) is 6.54 Å². The van der Waals surface area contributed by atoms with Crippen molar-refractivity contribution in [2.24, 2.45) is 0 Å². The molecule has 0 fully saturated rings. The molecule has 0 aliphatic rings. The van der Waals surface area contributed by atoms with E-state index in [-0.39, 0.29) is 5.91 Å². The average Bonchev–Trinajstić information content (AvgIpc) is 2.28. The number of ether oxygens (including phenoxy) is 1. The van der Waals surface area contributed by atoms with Crippen molar-refractivity contribution in [1.82, 2.24) is 5.32 Å². The Bertz CT molecular complexity index is 384. The smallest absolute Gasteiger partial charge is 0.242 e. The highest BCUT2D eigenvalue weighted by molar-refractivity contribution is 9.10. The number of nitrogens with one attached hydrogen (secondary N) is 1. The predicted octanol–water partition coefficient (Wildman–Crippen LogP) is 2.87. The highest BCUT2D eigenvalue weighted by atomic mass is 79.9. The molecule has 0 aromatic heterocycles. The van der Waals surface area contributed by atoms with E-state index in [9.17, 15) is 4.79 Å². The van der Waals surface area contributed by atoms with Gasteiger partial charge in [-0.15, -0.1) is 11.6 Å². The molecule has 88 valence electrons. The van der Waals surface area contributed by atoms with E-state index in [2.05, 4.69) is 21.2 Å². The minimum atomic E-state index is -0.679. The highest BCUT2D eigenvalue weighted by Crippen LogP contribution is 2.30. The van der Waals surface area contributed by atoms with Crippen LogP contribution < -0.4 is 10.1 Å². The third-order valence-electron chi connectivity index (χ3n) is 2.05. The Morgan fingerprint density at radius 2 is 2.31 bits per heavy atom. The van der Waals surface area contributed by atoms with Gasteiger partial charge in [0.15, 0.2) is 0 Å². The van der Waals surface area contributed by atoms with Crippen molar-refractivity contribution in [2.45, 2.75) is 12.3 Å². The fourth-order valence-electron chi connectivity index (χ4n) is 1.26. The third-order valence-corrected chi connectivity index (χ3v) is 3.12. The summed E-state index contributed by atoms with van der Waals surface area (Å²) >= 11 is 9.38. The number of methoxy groups -OCH3 is 1. The van der Waals surface area contributed by atoms with Gasteiger partial charge < -0.3 is 10.1 Å². The number of carbonyl (C=O) groups is 1. The molecule has 1 aromatic rings. The van der Waals surface area contributed by atoms with Gasteiger partial charge in [0.05, 0.1) is 11.6 Å².